The number of rotatable bonds is 5. The minimum Gasteiger partial charge on any atom is -0.443 e. The second-order valence-electron chi connectivity index (χ2n) is 7.49. The number of fused-ring (bicyclic) bond motifs is 1. The molecule has 2 aromatic heterocycles. The standard InChI is InChI=1S/C18H23F3N4O4S/c1-6-24-13(26)12-10(2)11(9-22-23-15(27)29-17(3,4)5)30-14(12)25(16(24)28)8-7-18(19,20)21/h9H,6-8H2,1-5H3,(H,23,27). The molecule has 8 nitrogen and oxygen atoms in total. The Labute approximate surface area is 174 Å². The molecule has 30 heavy (non-hydrogen) atoms. The molecule has 0 aliphatic carbocycles. The molecule has 0 atom stereocenters. The number of hydrogen-bond donors (Lipinski definition) is 1. The fourth-order valence-electron chi connectivity index (χ4n) is 2.69. The number of hydrazone groups is 1. The summed E-state index contributed by atoms with van der Waals surface area (Å²) in [5.41, 5.74) is 0.552. The number of ether oxygens (including phenoxy) is 1. The van der Waals surface area contributed by atoms with Crippen LogP contribution in [-0.2, 0) is 17.8 Å². The van der Waals surface area contributed by atoms with Crippen LogP contribution in [0.4, 0.5) is 18.0 Å². The Morgan fingerprint density at radius 3 is 2.40 bits per heavy atom. The van der Waals surface area contributed by atoms with Crippen molar-refractivity contribution in [2.24, 2.45) is 5.10 Å². The van der Waals surface area contributed by atoms with Gasteiger partial charge in [0.2, 0.25) is 0 Å². The number of alkyl halides is 3. The molecule has 0 radical (unpaired) electrons. The van der Waals surface area contributed by atoms with Crippen molar-refractivity contribution in [1.82, 2.24) is 14.6 Å². The first-order valence-corrected chi connectivity index (χ1v) is 9.92. The van der Waals surface area contributed by atoms with Crippen LogP contribution in [0.3, 0.4) is 0 Å². The molecular formula is C18H23F3N4O4S. The summed E-state index contributed by atoms with van der Waals surface area (Å²) in [5, 5.41) is 3.93. The van der Waals surface area contributed by atoms with Gasteiger partial charge in [0.15, 0.2) is 0 Å². The van der Waals surface area contributed by atoms with E-state index in [1.54, 1.807) is 34.6 Å². The Morgan fingerprint density at radius 1 is 1.23 bits per heavy atom. The van der Waals surface area contributed by atoms with Crippen molar-refractivity contribution in [3.05, 3.63) is 31.3 Å². The predicted octanol–water partition coefficient (Wildman–Crippen LogP) is 3.36. The van der Waals surface area contributed by atoms with Crippen molar-refractivity contribution < 1.29 is 22.7 Å². The highest BCUT2D eigenvalue weighted by molar-refractivity contribution is 7.20. The van der Waals surface area contributed by atoms with Gasteiger partial charge in [-0.05, 0) is 40.2 Å². The van der Waals surface area contributed by atoms with Crippen LogP contribution >= 0.6 is 11.3 Å². The zero-order valence-corrected chi connectivity index (χ0v) is 18.0. The highest BCUT2D eigenvalue weighted by Gasteiger charge is 2.28. The van der Waals surface area contributed by atoms with Gasteiger partial charge in [-0.2, -0.15) is 18.3 Å². The monoisotopic (exact) mass is 448 g/mol. The van der Waals surface area contributed by atoms with Crippen LogP contribution in [0.1, 0.15) is 44.6 Å². The van der Waals surface area contributed by atoms with Crippen LogP contribution in [0.25, 0.3) is 10.2 Å². The molecule has 0 saturated carbocycles. The Morgan fingerprint density at radius 2 is 1.87 bits per heavy atom. The SMILES string of the molecule is CCn1c(=O)c2c(C)c(C=NNC(=O)OC(C)(C)C)sc2n(CCC(F)(F)F)c1=O. The normalized spacial score (nSPS) is 12.7. The van der Waals surface area contributed by atoms with Crippen LogP contribution in [0.15, 0.2) is 14.7 Å². The summed E-state index contributed by atoms with van der Waals surface area (Å²) in [6, 6.07) is 0. The molecule has 1 amide bonds. The summed E-state index contributed by atoms with van der Waals surface area (Å²) < 4.78 is 45.1. The predicted molar refractivity (Wildman–Crippen MR) is 108 cm³/mol. The lowest BCUT2D eigenvalue weighted by molar-refractivity contribution is -0.136. The van der Waals surface area contributed by atoms with E-state index < -0.39 is 42.1 Å². The first-order valence-electron chi connectivity index (χ1n) is 9.10. The molecule has 2 aromatic rings. The second kappa shape index (κ2) is 8.62. The number of nitrogens with zero attached hydrogens (tertiary/aromatic N) is 3. The molecular weight excluding hydrogens is 425 g/mol. The van der Waals surface area contributed by atoms with E-state index in [9.17, 15) is 27.6 Å². The molecule has 12 heteroatoms. The van der Waals surface area contributed by atoms with Gasteiger partial charge in [-0.3, -0.25) is 13.9 Å². The molecule has 1 N–H and O–H groups in total. The summed E-state index contributed by atoms with van der Waals surface area (Å²) in [6.07, 6.45) is -5.18. The number of halogens is 3. The van der Waals surface area contributed by atoms with Crippen LogP contribution < -0.4 is 16.7 Å². The molecule has 166 valence electrons. The lowest BCUT2D eigenvalue weighted by Gasteiger charge is -2.18. The average Bonchev–Trinajstić information content (AvgIpc) is 2.89. The number of thiophene rings is 1. The van der Waals surface area contributed by atoms with E-state index in [2.05, 4.69) is 10.5 Å². The van der Waals surface area contributed by atoms with E-state index in [4.69, 9.17) is 4.74 Å². The Balaban J connectivity index is 2.49. The summed E-state index contributed by atoms with van der Waals surface area (Å²) in [4.78, 5) is 37.5. The number of carbonyl (C=O) groups excluding carboxylic acids is 1. The molecule has 0 aliphatic rings. The summed E-state index contributed by atoms with van der Waals surface area (Å²) in [6.45, 7) is 7.65. The van der Waals surface area contributed by atoms with Crippen molar-refractivity contribution in [3.8, 4) is 0 Å². The third-order valence-electron chi connectivity index (χ3n) is 4.00. The van der Waals surface area contributed by atoms with E-state index >= 15 is 0 Å². The quantitative estimate of drug-likeness (QED) is 0.561. The van der Waals surface area contributed by atoms with Crippen molar-refractivity contribution in [3.63, 3.8) is 0 Å². The van der Waals surface area contributed by atoms with Crippen LogP contribution in [0.5, 0.6) is 0 Å². The minimum absolute atomic E-state index is 0.0263. The number of amides is 1. The fourth-order valence-corrected chi connectivity index (χ4v) is 3.88. The third-order valence-corrected chi connectivity index (χ3v) is 5.25. The zero-order chi connectivity index (χ0) is 22.9. The molecule has 0 aliphatic heterocycles. The molecule has 0 bridgehead atoms. The maximum Gasteiger partial charge on any atom is 0.428 e. The largest absolute Gasteiger partial charge is 0.443 e. The van der Waals surface area contributed by atoms with Gasteiger partial charge in [0.25, 0.3) is 5.56 Å². The smallest absolute Gasteiger partial charge is 0.428 e. The van der Waals surface area contributed by atoms with Crippen molar-refractivity contribution >= 4 is 33.9 Å². The number of nitrogens with one attached hydrogen (secondary N) is 1. The van der Waals surface area contributed by atoms with Crippen molar-refractivity contribution in [2.75, 3.05) is 0 Å². The van der Waals surface area contributed by atoms with Crippen molar-refractivity contribution in [2.45, 2.75) is 65.9 Å². The van der Waals surface area contributed by atoms with Gasteiger partial charge in [-0.25, -0.2) is 15.0 Å². The Hall–Kier alpha value is -2.63. The highest BCUT2D eigenvalue weighted by atomic mass is 32.1. The van der Waals surface area contributed by atoms with Gasteiger partial charge in [0, 0.05) is 13.1 Å². The fraction of sp³-hybridized carbons (Fsp3) is 0.556. The first-order chi connectivity index (χ1) is 13.7. The second-order valence-corrected chi connectivity index (χ2v) is 8.52. The number of aryl methyl sites for hydroxylation is 2. The summed E-state index contributed by atoms with van der Waals surface area (Å²) in [5.74, 6) is 0. The number of hydrogen-bond acceptors (Lipinski definition) is 6. The zero-order valence-electron chi connectivity index (χ0n) is 17.2. The van der Waals surface area contributed by atoms with Crippen LogP contribution in [0, 0.1) is 6.92 Å². The molecule has 0 unspecified atom stereocenters. The third kappa shape index (κ3) is 5.49. The average molecular weight is 448 g/mol. The lowest BCUT2D eigenvalue weighted by Crippen LogP contribution is -2.39. The van der Waals surface area contributed by atoms with E-state index in [1.165, 1.54) is 6.21 Å². The topological polar surface area (TPSA) is 94.7 Å². The first kappa shape index (κ1) is 23.6. The number of carbonyl (C=O) groups is 1. The number of aromatic nitrogens is 2. The van der Waals surface area contributed by atoms with Gasteiger partial charge in [-0.1, -0.05) is 0 Å². The van der Waals surface area contributed by atoms with Crippen LogP contribution in [0.2, 0.25) is 0 Å². The van der Waals surface area contributed by atoms with E-state index in [1.807, 2.05) is 0 Å². The molecule has 2 heterocycles. The van der Waals surface area contributed by atoms with Gasteiger partial charge in [-0.15, -0.1) is 11.3 Å². The van der Waals surface area contributed by atoms with Gasteiger partial charge < -0.3 is 4.74 Å². The lowest BCUT2D eigenvalue weighted by atomic mass is 10.2. The Kier molecular flexibility index (Phi) is 6.80. The molecule has 0 aromatic carbocycles. The molecule has 2 rings (SSSR count). The summed E-state index contributed by atoms with van der Waals surface area (Å²) in [7, 11) is 0. The van der Waals surface area contributed by atoms with E-state index in [-0.39, 0.29) is 16.8 Å². The van der Waals surface area contributed by atoms with E-state index in [0.717, 1.165) is 20.5 Å². The summed E-state index contributed by atoms with van der Waals surface area (Å²) >= 11 is 0.954. The molecule has 0 saturated heterocycles. The molecule has 0 spiro atoms. The van der Waals surface area contributed by atoms with Gasteiger partial charge in [0.1, 0.15) is 10.4 Å². The highest BCUT2D eigenvalue weighted by Crippen LogP contribution is 2.28. The Bertz CT molecular complexity index is 1090. The minimum atomic E-state index is -4.45. The maximum absolute atomic E-state index is 12.7. The van der Waals surface area contributed by atoms with E-state index in [0.29, 0.717) is 10.4 Å². The van der Waals surface area contributed by atoms with Gasteiger partial charge in [0.05, 0.1) is 22.9 Å². The maximum atomic E-state index is 12.7. The van der Waals surface area contributed by atoms with Crippen molar-refractivity contribution in [1.29, 1.82) is 0 Å². The van der Waals surface area contributed by atoms with Gasteiger partial charge >= 0.3 is 18.0 Å². The van der Waals surface area contributed by atoms with Crippen LogP contribution in [-0.4, -0.2) is 33.2 Å². The molecule has 0 fully saturated rings.